The van der Waals surface area contributed by atoms with E-state index in [1.54, 1.807) is 13.0 Å². The second kappa shape index (κ2) is 13.7. The van der Waals surface area contributed by atoms with Crippen LogP contribution in [0.2, 0.25) is 10.0 Å². The van der Waals surface area contributed by atoms with Crippen LogP contribution in [0.1, 0.15) is 48.8 Å². The molecule has 1 N–H and O–H groups in total. The van der Waals surface area contributed by atoms with Gasteiger partial charge in [-0.15, -0.1) is 0 Å². The van der Waals surface area contributed by atoms with Crippen molar-refractivity contribution in [2.24, 2.45) is 5.92 Å². The van der Waals surface area contributed by atoms with Gasteiger partial charge in [0.1, 0.15) is 0 Å². The highest BCUT2D eigenvalue weighted by molar-refractivity contribution is 6.31. The van der Waals surface area contributed by atoms with Crippen LogP contribution in [-0.4, -0.2) is 65.5 Å². The van der Waals surface area contributed by atoms with Crippen LogP contribution < -0.4 is 0 Å². The van der Waals surface area contributed by atoms with Gasteiger partial charge in [-0.05, 0) is 66.0 Å². The zero-order valence-electron chi connectivity index (χ0n) is 24.0. The molecule has 218 valence electrons. The van der Waals surface area contributed by atoms with E-state index in [1.165, 1.54) is 29.5 Å². The summed E-state index contributed by atoms with van der Waals surface area (Å²) in [6.45, 7) is 5.22. The first kappa shape index (κ1) is 30.9. The predicted octanol–water partition coefficient (Wildman–Crippen LogP) is 7.36. The van der Waals surface area contributed by atoms with Crippen molar-refractivity contribution in [3.05, 3.63) is 106 Å². The molecule has 1 aliphatic heterocycles. The molecule has 5 rings (SSSR count). The molecule has 2 fully saturated rings. The third-order valence-corrected chi connectivity index (χ3v) is 9.13. The highest BCUT2D eigenvalue weighted by atomic mass is 35.5. The van der Waals surface area contributed by atoms with Gasteiger partial charge in [-0.3, -0.25) is 4.79 Å². The molecule has 1 aliphatic carbocycles. The Hall–Kier alpha value is -3.06. The van der Waals surface area contributed by atoms with E-state index in [9.17, 15) is 9.59 Å². The third-order valence-electron chi connectivity index (χ3n) is 8.51. The summed E-state index contributed by atoms with van der Waals surface area (Å²) < 4.78 is 0. The molecule has 1 heterocycles. The molecule has 6 nitrogen and oxygen atoms in total. The number of likely N-dealkylation sites (tertiary alicyclic amines) is 1. The first-order chi connectivity index (χ1) is 19.6. The van der Waals surface area contributed by atoms with E-state index < -0.39 is 6.09 Å². The Bertz CT molecular complexity index is 1310. The molecular weight excluding hydrogens is 557 g/mol. The third kappa shape index (κ3) is 7.82. The summed E-state index contributed by atoms with van der Waals surface area (Å²) in [7, 11) is 3.47. The lowest BCUT2D eigenvalue weighted by molar-refractivity contribution is -0.136. The summed E-state index contributed by atoms with van der Waals surface area (Å²) in [6.07, 6.45) is 2.30. The number of carboxylic acid groups (broad SMARTS) is 1. The van der Waals surface area contributed by atoms with E-state index in [1.807, 2.05) is 48.3 Å². The largest absolute Gasteiger partial charge is 0.465 e. The van der Waals surface area contributed by atoms with Crippen molar-refractivity contribution < 1.29 is 14.7 Å². The Morgan fingerprint density at radius 3 is 2.12 bits per heavy atom. The van der Waals surface area contributed by atoms with Gasteiger partial charge in [-0.25, -0.2) is 4.79 Å². The van der Waals surface area contributed by atoms with E-state index in [2.05, 4.69) is 41.3 Å². The number of nitrogens with zero attached hydrogens (tertiary/aromatic N) is 3. The number of hydrogen-bond acceptors (Lipinski definition) is 3. The summed E-state index contributed by atoms with van der Waals surface area (Å²) in [5.41, 5.74) is 3.32. The first-order valence-electron chi connectivity index (χ1n) is 14.1. The quantitative estimate of drug-likeness (QED) is 0.310. The first-order valence-corrected chi connectivity index (χ1v) is 14.8. The van der Waals surface area contributed by atoms with Crippen LogP contribution in [0.4, 0.5) is 4.79 Å². The minimum atomic E-state index is -0.958. The van der Waals surface area contributed by atoms with Gasteiger partial charge in [-0.1, -0.05) is 83.9 Å². The van der Waals surface area contributed by atoms with Crippen molar-refractivity contribution in [1.29, 1.82) is 0 Å². The van der Waals surface area contributed by atoms with E-state index >= 15 is 0 Å². The fraction of sp³-hybridized carbons (Fsp3) is 0.394. The van der Waals surface area contributed by atoms with E-state index in [0.717, 1.165) is 49.0 Å². The van der Waals surface area contributed by atoms with Gasteiger partial charge in [0.2, 0.25) is 5.91 Å². The lowest BCUT2D eigenvalue weighted by Gasteiger charge is -2.47. The van der Waals surface area contributed by atoms with Crippen molar-refractivity contribution in [1.82, 2.24) is 14.7 Å². The molecule has 0 spiro atoms. The zero-order chi connectivity index (χ0) is 29.6. The number of rotatable bonds is 7. The minimum absolute atomic E-state index is 0.141. The highest BCUT2D eigenvalue weighted by Crippen LogP contribution is 2.49. The molecule has 2 amide bonds. The molecular formula is C33H39Cl2N3O3. The molecule has 1 saturated carbocycles. The maximum atomic E-state index is 12.2. The number of piperidine rings is 1. The monoisotopic (exact) mass is 595 g/mol. The molecule has 41 heavy (non-hydrogen) atoms. The molecule has 2 aliphatic rings. The van der Waals surface area contributed by atoms with Gasteiger partial charge in [0.25, 0.3) is 0 Å². The maximum Gasteiger partial charge on any atom is 0.407 e. The fourth-order valence-corrected chi connectivity index (χ4v) is 6.14. The lowest BCUT2D eigenvalue weighted by atomic mass is 9.79. The lowest BCUT2D eigenvalue weighted by Crippen LogP contribution is -2.53. The molecule has 0 radical (unpaired) electrons. The Morgan fingerprint density at radius 2 is 1.54 bits per heavy atom. The number of carbonyl (C=O) groups is 2. The van der Waals surface area contributed by atoms with Crippen molar-refractivity contribution >= 4 is 35.2 Å². The number of benzene rings is 3. The predicted molar refractivity (Wildman–Crippen MR) is 165 cm³/mol. The Morgan fingerprint density at radius 1 is 0.927 bits per heavy atom. The molecule has 3 aromatic rings. The van der Waals surface area contributed by atoms with Crippen LogP contribution in [0.5, 0.6) is 0 Å². The average molecular weight is 597 g/mol. The Kier molecular flexibility index (Phi) is 10.3. The van der Waals surface area contributed by atoms with Crippen LogP contribution in [0.25, 0.3) is 0 Å². The van der Waals surface area contributed by atoms with Crippen molar-refractivity contribution in [2.45, 2.75) is 44.2 Å². The van der Waals surface area contributed by atoms with Crippen LogP contribution >= 0.6 is 23.2 Å². The summed E-state index contributed by atoms with van der Waals surface area (Å²) in [6, 6.07) is 26.1. The van der Waals surface area contributed by atoms with Gasteiger partial charge < -0.3 is 19.8 Å². The van der Waals surface area contributed by atoms with Crippen LogP contribution in [0.15, 0.2) is 78.9 Å². The molecule has 8 heteroatoms. The van der Waals surface area contributed by atoms with Gasteiger partial charge >= 0.3 is 6.09 Å². The fourth-order valence-electron chi connectivity index (χ4n) is 5.82. The summed E-state index contributed by atoms with van der Waals surface area (Å²) in [5, 5.41) is 10.0. The molecule has 1 saturated heterocycles. The Labute approximate surface area is 253 Å². The second-order valence-electron chi connectivity index (χ2n) is 11.2. The van der Waals surface area contributed by atoms with Crippen molar-refractivity contribution in [2.75, 3.05) is 33.7 Å². The van der Waals surface area contributed by atoms with Gasteiger partial charge in [-0.2, -0.15) is 0 Å². The average Bonchev–Trinajstić information content (AvgIpc) is 3.74. The standard InChI is InChI=1S/C24H29ClN2O.C9H10ClNO2/c1-18(28)26(2)24(21-6-4-3-5-7-21)12-14-27(15-13-24)17-20-16-23(20)19-8-10-22(25)11-9-19;1-11(9(12)13)6-7-4-2-3-5-8(7)10/h3-11,20,23H,12-17H2,1-2H3;2-5H,6H2,1H3,(H,12,13)/t20-,23+;/m0./s1. The van der Waals surface area contributed by atoms with E-state index in [4.69, 9.17) is 28.3 Å². The van der Waals surface area contributed by atoms with Crippen LogP contribution in [0, 0.1) is 5.92 Å². The minimum Gasteiger partial charge on any atom is -0.465 e. The molecule has 3 aromatic carbocycles. The van der Waals surface area contributed by atoms with Gasteiger partial charge in [0, 0.05) is 50.7 Å². The zero-order valence-corrected chi connectivity index (χ0v) is 25.5. The van der Waals surface area contributed by atoms with Crippen molar-refractivity contribution in [3.63, 3.8) is 0 Å². The number of carbonyl (C=O) groups excluding carboxylic acids is 1. The highest BCUT2D eigenvalue weighted by Gasteiger charge is 2.44. The van der Waals surface area contributed by atoms with E-state index in [0.29, 0.717) is 17.5 Å². The smallest absolute Gasteiger partial charge is 0.407 e. The molecule has 2 atom stereocenters. The number of amides is 2. The number of halogens is 2. The summed E-state index contributed by atoms with van der Waals surface area (Å²) in [4.78, 5) is 28.5. The topological polar surface area (TPSA) is 64.1 Å². The summed E-state index contributed by atoms with van der Waals surface area (Å²) >= 11 is 11.9. The maximum absolute atomic E-state index is 12.2. The second-order valence-corrected chi connectivity index (χ2v) is 12.0. The van der Waals surface area contributed by atoms with Crippen molar-refractivity contribution in [3.8, 4) is 0 Å². The molecule has 0 unspecified atom stereocenters. The molecule has 0 aromatic heterocycles. The van der Waals surface area contributed by atoms with Gasteiger partial charge in [0.15, 0.2) is 0 Å². The SMILES string of the molecule is CC(=O)N(C)C1(c2ccccc2)CCN(C[C@@H]2C[C@@H]2c2ccc(Cl)cc2)CC1.CN(Cc1ccccc1Cl)C(=O)O. The number of hydrogen-bond donors (Lipinski definition) is 1. The van der Waals surface area contributed by atoms with Crippen LogP contribution in [0.3, 0.4) is 0 Å². The normalized spacial score (nSPS) is 19.4. The van der Waals surface area contributed by atoms with Crippen LogP contribution in [-0.2, 0) is 16.9 Å². The Balaban J connectivity index is 0.000000251. The summed E-state index contributed by atoms with van der Waals surface area (Å²) in [5.74, 6) is 1.57. The van der Waals surface area contributed by atoms with Gasteiger partial charge in [0.05, 0.1) is 12.1 Å². The van der Waals surface area contributed by atoms with E-state index in [-0.39, 0.29) is 11.4 Å². The molecule has 0 bridgehead atoms.